The Bertz CT molecular complexity index is 511. The zero-order valence-electron chi connectivity index (χ0n) is 13.5. The second-order valence-electron chi connectivity index (χ2n) is 5.62. The van der Waals surface area contributed by atoms with Crippen LogP contribution in [0.5, 0.6) is 0 Å². The van der Waals surface area contributed by atoms with Gasteiger partial charge in [-0.15, -0.1) is 0 Å². The highest BCUT2D eigenvalue weighted by Crippen LogP contribution is 2.18. The largest absolute Gasteiger partial charge is 0.398 e. The second kappa shape index (κ2) is 6.47. The van der Waals surface area contributed by atoms with Gasteiger partial charge in [-0.05, 0) is 63.8 Å². The maximum Gasteiger partial charge on any atom is 0.0373 e. The summed E-state index contributed by atoms with van der Waals surface area (Å²) in [6.07, 6.45) is 0. The molecule has 0 aliphatic carbocycles. The van der Waals surface area contributed by atoms with Crippen LogP contribution < -0.4 is 11.5 Å². The lowest BCUT2D eigenvalue weighted by Crippen LogP contribution is -1.93. The summed E-state index contributed by atoms with van der Waals surface area (Å²) in [6, 6.07) is 8.40. The molecular formula is C18H26N2. The Labute approximate surface area is 122 Å². The van der Waals surface area contributed by atoms with E-state index >= 15 is 0 Å². The summed E-state index contributed by atoms with van der Waals surface area (Å²) in [5.74, 6) is 0. The number of hydrogen-bond acceptors (Lipinski definition) is 2. The fourth-order valence-corrected chi connectivity index (χ4v) is 2.38. The van der Waals surface area contributed by atoms with Crippen LogP contribution in [0.4, 0.5) is 11.4 Å². The number of nitrogen functional groups attached to an aromatic ring is 2. The molecule has 2 heteroatoms. The molecule has 0 bridgehead atoms. The lowest BCUT2D eigenvalue weighted by molar-refractivity contribution is 1.33. The lowest BCUT2D eigenvalue weighted by atomic mass is 10.1. The van der Waals surface area contributed by atoms with E-state index in [4.69, 9.17) is 11.5 Å². The quantitative estimate of drug-likeness (QED) is 0.698. The Balaban J connectivity index is 0.000000200. The number of anilines is 2. The summed E-state index contributed by atoms with van der Waals surface area (Å²) >= 11 is 0. The van der Waals surface area contributed by atoms with E-state index in [1.807, 2.05) is 27.7 Å². The predicted molar refractivity (Wildman–Crippen MR) is 90.1 cm³/mol. The molecule has 2 rings (SSSR count). The van der Waals surface area contributed by atoms with E-state index < -0.39 is 0 Å². The van der Waals surface area contributed by atoms with Crippen molar-refractivity contribution in [1.29, 1.82) is 0 Å². The van der Waals surface area contributed by atoms with Crippen molar-refractivity contribution in [2.45, 2.75) is 41.5 Å². The number of aryl methyl sites for hydroxylation is 6. The van der Waals surface area contributed by atoms with Crippen molar-refractivity contribution in [3.8, 4) is 0 Å². The van der Waals surface area contributed by atoms with Crippen molar-refractivity contribution < 1.29 is 0 Å². The van der Waals surface area contributed by atoms with Crippen molar-refractivity contribution in [3.63, 3.8) is 0 Å². The molecule has 0 atom stereocenters. The average molecular weight is 270 g/mol. The van der Waals surface area contributed by atoms with Crippen LogP contribution in [0.2, 0.25) is 0 Å². The third kappa shape index (κ3) is 4.02. The molecule has 2 aromatic carbocycles. The molecule has 0 spiro atoms. The molecule has 0 aliphatic heterocycles. The van der Waals surface area contributed by atoms with Gasteiger partial charge in [-0.1, -0.05) is 35.4 Å². The van der Waals surface area contributed by atoms with Crippen LogP contribution in [0, 0.1) is 41.5 Å². The number of hydrogen-bond donors (Lipinski definition) is 2. The first kappa shape index (κ1) is 16.1. The van der Waals surface area contributed by atoms with Crippen LogP contribution in [0.1, 0.15) is 33.4 Å². The van der Waals surface area contributed by atoms with Gasteiger partial charge in [0.25, 0.3) is 0 Å². The molecule has 2 nitrogen and oxygen atoms in total. The van der Waals surface area contributed by atoms with Gasteiger partial charge in [0.15, 0.2) is 0 Å². The highest BCUT2D eigenvalue weighted by atomic mass is 14.6. The zero-order valence-corrected chi connectivity index (χ0v) is 13.5. The lowest BCUT2D eigenvalue weighted by Gasteiger charge is -2.04. The second-order valence-corrected chi connectivity index (χ2v) is 5.62. The molecule has 0 radical (unpaired) electrons. The Morgan fingerprint density at radius 1 is 0.500 bits per heavy atom. The predicted octanol–water partition coefficient (Wildman–Crippen LogP) is 4.39. The van der Waals surface area contributed by atoms with E-state index in [1.54, 1.807) is 0 Å². The minimum atomic E-state index is 0.922. The molecule has 0 unspecified atom stereocenters. The van der Waals surface area contributed by atoms with Gasteiger partial charge in [0.2, 0.25) is 0 Å². The molecule has 0 aliphatic rings. The minimum absolute atomic E-state index is 0.922. The molecule has 0 fully saturated rings. The Morgan fingerprint density at radius 3 is 0.900 bits per heavy atom. The SMILES string of the molecule is Cc1cc(C)c(N)c(C)c1.Cc1cc(C)c(N)c(C)c1. The molecule has 0 aromatic heterocycles. The van der Waals surface area contributed by atoms with Crippen LogP contribution in [-0.2, 0) is 0 Å². The van der Waals surface area contributed by atoms with Crippen molar-refractivity contribution in [2.75, 3.05) is 11.5 Å². The van der Waals surface area contributed by atoms with E-state index in [9.17, 15) is 0 Å². The Morgan fingerprint density at radius 2 is 0.700 bits per heavy atom. The van der Waals surface area contributed by atoms with Gasteiger partial charge in [0.1, 0.15) is 0 Å². The summed E-state index contributed by atoms with van der Waals surface area (Å²) in [5.41, 5.74) is 20.6. The molecule has 2 aromatic rings. The fourth-order valence-electron chi connectivity index (χ4n) is 2.38. The van der Waals surface area contributed by atoms with Crippen LogP contribution in [-0.4, -0.2) is 0 Å². The van der Waals surface area contributed by atoms with E-state index in [0.717, 1.165) is 11.4 Å². The highest BCUT2D eigenvalue weighted by Gasteiger charge is 1.97. The minimum Gasteiger partial charge on any atom is -0.398 e. The van der Waals surface area contributed by atoms with E-state index in [1.165, 1.54) is 33.4 Å². The van der Waals surface area contributed by atoms with Crippen LogP contribution in [0.25, 0.3) is 0 Å². The van der Waals surface area contributed by atoms with Crippen molar-refractivity contribution in [3.05, 3.63) is 57.6 Å². The maximum atomic E-state index is 5.75. The summed E-state index contributed by atoms with van der Waals surface area (Å²) < 4.78 is 0. The monoisotopic (exact) mass is 270 g/mol. The van der Waals surface area contributed by atoms with E-state index in [2.05, 4.69) is 38.1 Å². The molecule has 4 N–H and O–H groups in total. The van der Waals surface area contributed by atoms with Crippen LogP contribution >= 0.6 is 0 Å². The van der Waals surface area contributed by atoms with Gasteiger partial charge in [-0.2, -0.15) is 0 Å². The molecule has 0 saturated carbocycles. The first-order chi connectivity index (χ1) is 9.22. The van der Waals surface area contributed by atoms with Gasteiger partial charge >= 0.3 is 0 Å². The Kier molecular flexibility index (Phi) is 5.20. The number of rotatable bonds is 0. The number of benzene rings is 2. The topological polar surface area (TPSA) is 52.0 Å². The fraction of sp³-hybridized carbons (Fsp3) is 0.333. The average Bonchev–Trinajstić information content (AvgIpc) is 2.33. The third-order valence-corrected chi connectivity index (χ3v) is 3.48. The van der Waals surface area contributed by atoms with E-state index in [-0.39, 0.29) is 0 Å². The van der Waals surface area contributed by atoms with Crippen molar-refractivity contribution in [2.24, 2.45) is 0 Å². The molecule has 0 saturated heterocycles. The normalized spacial score (nSPS) is 9.90. The van der Waals surface area contributed by atoms with Gasteiger partial charge in [-0.25, -0.2) is 0 Å². The first-order valence-electron chi connectivity index (χ1n) is 6.89. The summed E-state index contributed by atoms with van der Waals surface area (Å²) in [7, 11) is 0. The summed E-state index contributed by atoms with van der Waals surface area (Å²) in [5, 5.41) is 0. The van der Waals surface area contributed by atoms with Gasteiger partial charge < -0.3 is 11.5 Å². The first-order valence-corrected chi connectivity index (χ1v) is 6.89. The van der Waals surface area contributed by atoms with Crippen molar-refractivity contribution in [1.82, 2.24) is 0 Å². The summed E-state index contributed by atoms with van der Waals surface area (Å²) in [6.45, 7) is 12.3. The highest BCUT2D eigenvalue weighted by molar-refractivity contribution is 5.54. The smallest absolute Gasteiger partial charge is 0.0373 e. The van der Waals surface area contributed by atoms with Gasteiger partial charge in [0, 0.05) is 11.4 Å². The standard InChI is InChI=1S/2C9H13N/c2*1-6-4-7(2)9(10)8(3)5-6/h2*4-5H,10H2,1-3H3. The maximum absolute atomic E-state index is 5.75. The van der Waals surface area contributed by atoms with Crippen LogP contribution in [0.3, 0.4) is 0 Å². The van der Waals surface area contributed by atoms with E-state index in [0.29, 0.717) is 0 Å². The third-order valence-electron chi connectivity index (χ3n) is 3.48. The van der Waals surface area contributed by atoms with Gasteiger partial charge in [-0.3, -0.25) is 0 Å². The Hall–Kier alpha value is -1.96. The van der Waals surface area contributed by atoms with Gasteiger partial charge in [0.05, 0.1) is 0 Å². The van der Waals surface area contributed by atoms with Crippen LogP contribution in [0.15, 0.2) is 24.3 Å². The summed E-state index contributed by atoms with van der Waals surface area (Å²) in [4.78, 5) is 0. The van der Waals surface area contributed by atoms with Crippen molar-refractivity contribution >= 4 is 11.4 Å². The molecule has 0 heterocycles. The molecular weight excluding hydrogens is 244 g/mol. The zero-order chi connectivity index (χ0) is 15.4. The molecule has 108 valence electrons. The molecule has 20 heavy (non-hydrogen) atoms. The molecule has 0 amide bonds. The number of nitrogens with two attached hydrogens (primary N) is 2.